The maximum absolute atomic E-state index is 12.4. The Balaban J connectivity index is 1.81. The maximum Gasteiger partial charge on any atom is 0.241 e. The van der Waals surface area contributed by atoms with E-state index in [-0.39, 0.29) is 17.9 Å². The lowest BCUT2D eigenvalue weighted by molar-refractivity contribution is -0.131. The second kappa shape index (κ2) is 8.46. The van der Waals surface area contributed by atoms with E-state index in [9.17, 15) is 9.59 Å². The molecule has 0 radical (unpaired) electrons. The summed E-state index contributed by atoms with van der Waals surface area (Å²) >= 11 is 5.85. The largest absolute Gasteiger partial charge is 0.348 e. The van der Waals surface area contributed by atoms with Crippen LogP contribution >= 0.6 is 11.6 Å². The third-order valence-corrected chi connectivity index (χ3v) is 4.56. The highest BCUT2D eigenvalue weighted by Crippen LogP contribution is 2.15. The maximum atomic E-state index is 12.4. The zero-order valence-corrected chi connectivity index (χ0v) is 15.2. The Morgan fingerprint density at radius 2 is 1.75 bits per heavy atom. The van der Waals surface area contributed by atoms with Gasteiger partial charge in [0.15, 0.2) is 0 Å². The van der Waals surface area contributed by atoms with E-state index < -0.39 is 0 Å². The number of carbonyl (C=O) groups is 2. The fourth-order valence-electron chi connectivity index (χ4n) is 2.59. The van der Waals surface area contributed by atoms with E-state index >= 15 is 0 Å². The van der Waals surface area contributed by atoms with Crippen molar-refractivity contribution in [3.05, 3.63) is 29.3 Å². The van der Waals surface area contributed by atoms with Crippen molar-refractivity contribution in [2.75, 3.05) is 52.1 Å². The quantitative estimate of drug-likeness (QED) is 0.869. The number of halogens is 1. The third kappa shape index (κ3) is 5.19. The van der Waals surface area contributed by atoms with Gasteiger partial charge in [0.25, 0.3) is 0 Å². The van der Waals surface area contributed by atoms with Crippen LogP contribution in [0.2, 0.25) is 5.02 Å². The molecule has 1 aromatic rings. The van der Waals surface area contributed by atoms with Gasteiger partial charge in [-0.1, -0.05) is 11.6 Å². The Morgan fingerprint density at radius 1 is 1.17 bits per heavy atom. The van der Waals surface area contributed by atoms with Gasteiger partial charge in [0.1, 0.15) is 0 Å². The normalized spacial score (nSPS) is 17.3. The minimum atomic E-state index is -0.215. The van der Waals surface area contributed by atoms with Crippen molar-refractivity contribution in [3.8, 4) is 0 Å². The van der Waals surface area contributed by atoms with Crippen LogP contribution in [0.15, 0.2) is 24.3 Å². The van der Waals surface area contributed by atoms with Crippen LogP contribution in [0.1, 0.15) is 6.92 Å². The van der Waals surface area contributed by atoms with Gasteiger partial charge in [0, 0.05) is 51.0 Å². The Hall–Kier alpha value is -1.63. The Morgan fingerprint density at radius 3 is 2.29 bits per heavy atom. The van der Waals surface area contributed by atoms with Crippen LogP contribution in [0.4, 0.5) is 5.69 Å². The van der Waals surface area contributed by atoms with Crippen molar-refractivity contribution in [1.82, 2.24) is 14.7 Å². The van der Waals surface area contributed by atoms with E-state index in [4.69, 9.17) is 11.6 Å². The van der Waals surface area contributed by atoms with E-state index in [0.717, 1.165) is 31.9 Å². The van der Waals surface area contributed by atoms with Gasteiger partial charge in [0.2, 0.25) is 11.8 Å². The molecule has 1 fully saturated rings. The van der Waals surface area contributed by atoms with Gasteiger partial charge in [-0.3, -0.25) is 19.4 Å². The van der Waals surface area contributed by atoms with Crippen molar-refractivity contribution in [2.45, 2.75) is 13.0 Å². The lowest BCUT2D eigenvalue weighted by atomic mass is 10.2. The van der Waals surface area contributed by atoms with E-state index in [2.05, 4.69) is 15.1 Å². The highest BCUT2D eigenvalue weighted by atomic mass is 35.5. The molecule has 6 nitrogen and oxygen atoms in total. The minimum Gasteiger partial charge on any atom is -0.348 e. The first-order valence-electron chi connectivity index (χ1n) is 8.10. The smallest absolute Gasteiger partial charge is 0.241 e. The molecule has 1 aromatic carbocycles. The summed E-state index contributed by atoms with van der Waals surface area (Å²) < 4.78 is 0. The molecule has 1 unspecified atom stereocenters. The Bertz CT molecular complexity index is 568. The van der Waals surface area contributed by atoms with Crippen LogP contribution in [0.25, 0.3) is 0 Å². The number of nitrogens with zero attached hydrogens (tertiary/aromatic N) is 3. The molecule has 1 atom stereocenters. The van der Waals surface area contributed by atoms with Crippen molar-refractivity contribution < 1.29 is 9.59 Å². The summed E-state index contributed by atoms with van der Waals surface area (Å²) in [4.78, 5) is 30.0. The standard InChI is InChI=1S/C17H25ClN4O2/c1-13(17(24)19-15-6-4-14(18)5-7-15)22-10-8-21(9-11-22)12-16(23)20(2)3/h4-7,13H,8-12H2,1-3H3,(H,19,24). The second-order valence-electron chi connectivity index (χ2n) is 6.27. The number of hydrogen-bond donors (Lipinski definition) is 1. The molecule has 132 valence electrons. The molecule has 1 aliphatic heterocycles. The van der Waals surface area contributed by atoms with Gasteiger partial charge in [-0.15, -0.1) is 0 Å². The number of anilines is 1. The van der Waals surface area contributed by atoms with Crippen LogP contribution in [0, 0.1) is 0 Å². The van der Waals surface area contributed by atoms with Crippen molar-refractivity contribution in [2.24, 2.45) is 0 Å². The molecule has 1 aliphatic rings. The van der Waals surface area contributed by atoms with E-state index in [1.165, 1.54) is 0 Å². The van der Waals surface area contributed by atoms with Gasteiger partial charge in [-0.2, -0.15) is 0 Å². The van der Waals surface area contributed by atoms with Gasteiger partial charge >= 0.3 is 0 Å². The van der Waals surface area contributed by atoms with Crippen LogP contribution in [-0.4, -0.2) is 79.4 Å². The number of amides is 2. The number of carbonyl (C=O) groups excluding carboxylic acids is 2. The lowest BCUT2D eigenvalue weighted by Crippen LogP contribution is -2.54. The van der Waals surface area contributed by atoms with Gasteiger partial charge in [-0.25, -0.2) is 0 Å². The summed E-state index contributed by atoms with van der Waals surface area (Å²) in [5.74, 6) is 0.0760. The summed E-state index contributed by atoms with van der Waals surface area (Å²) in [6.07, 6.45) is 0. The number of hydrogen-bond acceptors (Lipinski definition) is 4. The molecule has 1 heterocycles. The fraction of sp³-hybridized carbons (Fsp3) is 0.529. The monoisotopic (exact) mass is 352 g/mol. The summed E-state index contributed by atoms with van der Waals surface area (Å²) in [7, 11) is 3.53. The molecule has 7 heteroatoms. The zero-order chi connectivity index (χ0) is 17.7. The third-order valence-electron chi connectivity index (χ3n) is 4.30. The molecule has 0 aromatic heterocycles. The molecule has 0 aliphatic carbocycles. The lowest BCUT2D eigenvalue weighted by Gasteiger charge is -2.37. The molecule has 1 N–H and O–H groups in total. The summed E-state index contributed by atoms with van der Waals surface area (Å²) in [5.41, 5.74) is 0.742. The van der Waals surface area contributed by atoms with Crippen molar-refractivity contribution in [3.63, 3.8) is 0 Å². The zero-order valence-electron chi connectivity index (χ0n) is 14.5. The molecule has 2 amide bonds. The topological polar surface area (TPSA) is 55.9 Å². The number of benzene rings is 1. The summed E-state index contributed by atoms with van der Waals surface area (Å²) in [6, 6.07) is 6.87. The highest BCUT2D eigenvalue weighted by Gasteiger charge is 2.26. The van der Waals surface area contributed by atoms with Crippen molar-refractivity contribution >= 4 is 29.1 Å². The molecule has 2 rings (SSSR count). The SMILES string of the molecule is CC(C(=O)Nc1ccc(Cl)cc1)N1CCN(CC(=O)N(C)C)CC1. The molecule has 0 spiro atoms. The second-order valence-corrected chi connectivity index (χ2v) is 6.71. The Labute approximate surface area is 148 Å². The molecule has 24 heavy (non-hydrogen) atoms. The summed E-state index contributed by atoms with van der Waals surface area (Å²) in [5, 5.41) is 3.55. The molecule has 0 bridgehead atoms. The molecular formula is C17H25ClN4O2. The Kier molecular flexibility index (Phi) is 6.60. The number of nitrogens with one attached hydrogen (secondary N) is 1. The van der Waals surface area contributed by atoms with Gasteiger partial charge in [-0.05, 0) is 31.2 Å². The first kappa shape index (κ1) is 18.7. The van der Waals surface area contributed by atoms with Crippen LogP contribution in [0.5, 0.6) is 0 Å². The average Bonchev–Trinajstić information content (AvgIpc) is 2.56. The minimum absolute atomic E-state index is 0.0323. The number of likely N-dealkylation sites (N-methyl/N-ethyl adjacent to an activating group) is 1. The first-order valence-corrected chi connectivity index (χ1v) is 8.47. The van der Waals surface area contributed by atoms with Crippen LogP contribution < -0.4 is 5.32 Å². The van der Waals surface area contributed by atoms with Gasteiger partial charge in [0.05, 0.1) is 12.6 Å². The predicted molar refractivity (Wildman–Crippen MR) is 96.3 cm³/mol. The van der Waals surface area contributed by atoms with Crippen molar-refractivity contribution in [1.29, 1.82) is 0 Å². The number of rotatable bonds is 5. The summed E-state index contributed by atoms with van der Waals surface area (Å²) in [6.45, 7) is 5.47. The average molecular weight is 353 g/mol. The molecular weight excluding hydrogens is 328 g/mol. The van der Waals surface area contributed by atoms with Crippen LogP contribution in [0.3, 0.4) is 0 Å². The van der Waals surface area contributed by atoms with E-state index in [1.54, 1.807) is 43.3 Å². The fourth-order valence-corrected chi connectivity index (χ4v) is 2.71. The highest BCUT2D eigenvalue weighted by molar-refractivity contribution is 6.30. The van der Waals surface area contributed by atoms with E-state index in [1.807, 2.05) is 6.92 Å². The van der Waals surface area contributed by atoms with Crippen LogP contribution in [-0.2, 0) is 9.59 Å². The number of piperazine rings is 1. The predicted octanol–water partition coefficient (Wildman–Crippen LogP) is 1.37. The van der Waals surface area contributed by atoms with E-state index in [0.29, 0.717) is 11.6 Å². The molecule has 1 saturated heterocycles. The van der Waals surface area contributed by atoms with Gasteiger partial charge < -0.3 is 10.2 Å². The molecule has 0 saturated carbocycles. The first-order chi connectivity index (χ1) is 11.4.